The smallest absolute Gasteiger partial charge is 0.251 e. The van der Waals surface area contributed by atoms with E-state index in [1.54, 1.807) is 30.5 Å². The van der Waals surface area contributed by atoms with E-state index in [-0.39, 0.29) is 18.3 Å². The van der Waals surface area contributed by atoms with Crippen LogP contribution >= 0.6 is 0 Å². The monoisotopic (exact) mass is 374 g/mol. The summed E-state index contributed by atoms with van der Waals surface area (Å²) in [6.07, 6.45) is 2.51. The van der Waals surface area contributed by atoms with E-state index >= 15 is 0 Å². The number of hydrogen-bond donors (Lipinski definition) is 1. The third-order valence-electron chi connectivity index (χ3n) is 4.53. The van der Waals surface area contributed by atoms with Crippen LogP contribution in [-0.2, 0) is 13.0 Å². The molecule has 2 aromatic carbocycles. The van der Waals surface area contributed by atoms with Gasteiger partial charge in [-0.3, -0.25) is 9.36 Å². The molecule has 0 saturated heterocycles. The molecule has 0 atom stereocenters. The van der Waals surface area contributed by atoms with E-state index in [0.29, 0.717) is 11.1 Å². The van der Waals surface area contributed by atoms with Gasteiger partial charge in [0.25, 0.3) is 5.91 Å². The molecule has 28 heavy (non-hydrogen) atoms. The van der Waals surface area contributed by atoms with Gasteiger partial charge in [0.1, 0.15) is 17.2 Å². The first-order chi connectivity index (χ1) is 13.7. The van der Waals surface area contributed by atoms with Crippen molar-refractivity contribution < 1.29 is 9.18 Å². The van der Waals surface area contributed by atoms with Gasteiger partial charge in [0.2, 0.25) is 0 Å². The summed E-state index contributed by atoms with van der Waals surface area (Å²) in [5.74, 6) is 0.390. The number of aromatic nitrogens is 3. The molecule has 4 rings (SSSR count). The van der Waals surface area contributed by atoms with Crippen molar-refractivity contribution in [1.29, 1.82) is 0 Å². The third kappa shape index (κ3) is 3.49. The Morgan fingerprint density at radius 3 is 2.68 bits per heavy atom. The summed E-state index contributed by atoms with van der Waals surface area (Å²) < 4.78 is 15.2. The van der Waals surface area contributed by atoms with Crippen LogP contribution in [0.25, 0.3) is 16.9 Å². The molecular weight excluding hydrogens is 355 g/mol. The molecule has 1 amide bonds. The molecule has 2 aromatic heterocycles. The zero-order chi connectivity index (χ0) is 19.5. The quantitative estimate of drug-likeness (QED) is 0.573. The van der Waals surface area contributed by atoms with Crippen molar-refractivity contribution in [3.63, 3.8) is 0 Å². The molecule has 0 aliphatic heterocycles. The molecule has 0 spiro atoms. The van der Waals surface area contributed by atoms with E-state index in [1.807, 2.05) is 35.8 Å². The van der Waals surface area contributed by atoms with Crippen LogP contribution in [0.2, 0.25) is 0 Å². The van der Waals surface area contributed by atoms with Gasteiger partial charge in [0.05, 0.1) is 0 Å². The van der Waals surface area contributed by atoms with E-state index < -0.39 is 0 Å². The van der Waals surface area contributed by atoms with Crippen molar-refractivity contribution in [2.75, 3.05) is 0 Å². The molecule has 0 bridgehead atoms. The van der Waals surface area contributed by atoms with Crippen LogP contribution in [0.3, 0.4) is 0 Å². The summed E-state index contributed by atoms with van der Waals surface area (Å²) in [6.45, 7) is 2.32. The third-order valence-corrected chi connectivity index (χ3v) is 4.53. The molecule has 2 heterocycles. The van der Waals surface area contributed by atoms with Crippen molar-refractivity contribution in [2.24, 2.45) is 0 Å². The number of halogens is 1. The van der Waals surface area contributed by atoms with Crippen LogP contribution in [-0.4, -0.2) is 20.4 Å². The Kier molecular flexibility index (Phi) is 4.85. The number of carbonyl (C=O) groups is 1. The number of nitrogens with zero attached hydrogens (tertiary/aromatic N) is 3. The Labute approximate surface area is 161 Å². The maximum absolute atomic E-state index is 13.2. The van der Waals surface area contributed by atoms with Gasteiger partial charge < -0.3 is 5.32 Å². The van der Waals surface area contributed by atoms with Crippen LogP contribution < -0.4 is 5.32 Å². The highest BCUT2D eigenvalue weighted by Gasteiger charge is 2.13. The first kappa shape index (κ1) is 17.9. The summed E-state index contributed by atoms with van der Waals surface area (Å²) in [5, 5.41) is 2.81. The molecule has 6 heteroatoms. The number of aryl methyl sites for hydroxylation is 1. The lowest BCUT2D eigenvalue weighted by atomic mass is 10.1. The molecule has 0 saturated carbocycles. The van der Waals surface area contributed by atoms with Crippen LogP contribution in [0.1, 0.15) is 28.7 Å². The lowest BCUT2D eigenvalue weighted by Gasteiger charge is -2.09. The summed E-state index contributed by atoms with van der Waals surface area (Å²) in [7, 11) is 0. The molecule has 0 unspecified atom stereocenters. The number of amides is 1. The minimum Gasteiger partial charge on any atom is -0.348 e. The average Bonchev–Trinajstić information content (AvgIpc) is 3.11. The van der Waals surface area contributed by atoms with Gasteiger partial charge >= 0.3 is 0 Å². The lowest BCUT2D eigenvalue weighted by molar-refractivity contribution is 0.0951. The number of hydrogen-bond acceptors (Lipinski definition) is 3. The van der Waals surface area contributed by atoms with Crippen LogP contribution in [0, 0.1) is 5.82 Å². The number of pyridine rings is 1. The van der Waals surface area contributed by atoms with Gasteiger partial charge in [0, 0.05) is 30.4 Å². The minimum atomic E-state index is -0.316. The Bertz CT molecular complexity index is 1130. The van der Waals surface area contributed by atoms with Crippen LogP contribution in [0.15, 0.2) is 66.9 Å². The number of nitrogens with one attached hydrogen (secondary N) is 1. The molecule has 0 aliphatic carbocycles. The molecule has 5 nitrogen and oxygen atoms in total. The van der Waals surface area contributed by atoms with E-state index in [1.165, 1.54) is 12.1 Å². The fourth-order valence-electron chi connectivity index (χ4n) is 3.16. The van der Waals surface area contributed by atoms with Gasteiger partial charge in [-0.1, -0.05) is 19.1 Å². The Balaban J connectivity index is 1.55. The maximum Gasteiger partial charge on any atom is 0.251 e. The largest absolute Gasteiger partial charge is 0.348 e. The van der Waals surface area contributed by atoms with Crippen molar-refractivity contribution in [2.45, 2.75) is 19.9 Å². The van der Waals surface area contributed by atoms with Crippen LogP contribution in [0.5, 0.6) is 0 Å². The van der Waals surface area contributed by atoms with E-state index in [0.717, 1.165) is 29.1 Å². The fraction of sp³-hybridized carbons (Fsp3) is 0.136. The van der Waals surface area contributed by atoms with Gasteiger partial charge in [-0.15, -0.1) is 0 Å². The minimum absolute atomic E-state index is 0.208. The highest BCUT2D eigenvalue weighted by molar-refractivity contribution is 5.94. The zero-order valence-corrected chi connectivity index (χ0v) is 15.4. The predicted molar refractivity (Wildman–Crippen MR) is 106 cm³/mol. The molecule has 0 aliphatic rings. The number of imidazole rings is 1. The molecular formula is C22H19FN4O. The first-order valence-electron chi connectivity index (χ1n) is 9.11. The lowest BCUT2D eigenvalue weighted by Crippen LogP contribution is -2.22. The van der Waals surface area contributed by atoms with Gasteiger partial charge in [-0.05, 0) is 54.1 Å². The standard InChI is InChI=1S/C22H19FN4O/c1-2-20-26-19-7-4-12-24-21(19)27(20)18-10-8-16(9-11-18)22(28)25-14-15-5-3-6-17(23)13-15/h3-13H,2,14H2,1H3,(H,25,28). The van der Waals surface area contributed by atoms with Gasteiger partial charge in [-0.2, -0.15) is 0 Å². The summed E-state index contributed by atoms with van der Waals surface area (Å²) in [6, 6.07) is 17.3. The summed E-state index contributed by atoms with van der Waals surface area (Å²) >= 11 is 0. The highest BCUT2D eigenvalue weighted by Crippen LogP contribution is 2.20. The van der Waals surface area contributed by atoms with E-state index in [9.17, 15) is 9.18 Å². The molecule has 4 aromatic rings. The second-order valence-electron chi connectivity index (χ2n) is 6.42. The zero-order valence-electron chi connectivity index (χ0n) is 15.4. The van der Waals surface area contributed by atoms with Gasteiger partial charge in [-0.25, -0.2) is 14.4 Å². The number of fused-ring (bicyclic) bond motifs is 1. The highest BCUT2D eigenvalue weighted by atomic mass is 19.1. The molecule has 0 radical (unpaired) electrons. The molecule has 1 N–H and O–H groups in total. The molecule has 0 fully saturated rings. The van der Waals surface area contributed by atoms with Crippen molar-refractivity contribution in [3.8, 4) is 5.69 Å². The normalized spacial score (nSPS) is 10.9. The fourth-order valence-corrected chi connectivity index (χ4v) is 3.16. The van der Waals surface area contributed by atoms with E-state index in [4.69, 9.17) is 0 Å². The molecule has 140 valence electrons. The Morgan fingerprint density at radius 1 is 1.11 bits per heavy atom. The second-order valence-corrected chi connectivity index (χ2v) is 6.42. The van der Waals surface area contributed by atoms with Gasteiger partial charge in [0.15, 0.2) is 5.65 Å². The predicted octanol–water partition coefficient (Wildman–Crippen LogP) is 4.05. The Hall–Kier alpha value is -3.54. The van der Waals surface area contributed by atoms with Crippen LogP contribution in [0.4, 0.5) is 4.39 Å². The number of rotatable bonds is 5. The van der Waals surface area contributed by atoms with Crippen molar-refractivity contribution in [1.82, 2.24) is 19.9 Å². The topological polar surface area (TPSA) is 59.8 Å². The van der Waals surface area contributed by atoms with Crippen molar-refractivity contribution in [3.05, 3.63) is 89.6 Å². The number of benzene rings is 2. The Morgan fingerprint density at radius 2 is 1.93 bits per heavy atom. The average molecular weight is 374 g/mol. The number of carbonyl (C=O) groups excluding carboxylic acids is 1. The van der Waals surface area contributed by atoms with Crippen molar-refractivity contribution >= 4 is 17.1 Å². The van der Waals surface area contributed by atoms with E-state index in [2.05, 4.69) is 15.3 Å². The first-order valence-corrected chi connectivity index (χ1v) is 9.11. The SMILES string of the molecule is CCc1nc2cccnc2n1-c1ccc(C(=O)NCc2cccc(F)c2)cc1. The maximum atomic E-state index is 13.2. The summed E-state index contributed by atoms with van der Waals surface area (Å²) in [4.78, 5) is 21.5. The second kappa shape index (κ2) is 7.60. The summed E-state index contributed by atoms with van der Waals surface area (Å²) in [5.41, 5.74) is 3.79.